The maximum atomic E-state index is 13.1. The predicted molar refractivity (Wildman–Crippen MR) is 116 cm³/mol. The van der Waals surface area contributed by atoms with Crippen molar-refractivity contribution >= 4 is 17.6 Å². The van der Waals surface area contributed by atoms with E-state index in [1.165, 1.54) is 0 Å². The van der Waals surface area contributed by atoms with Gasteiger partial charge >= 0.3 is 5.97 Å². The number of hydrogen-bond acceptors (Lipinski definition) is 5. The highest BCUT2D eigenvalue weighted by Gasteiger charge is 2.33. The van der Waals surface area contributed by atoms with Gasteiger partial charge in [-0.05, 0) is 49.2 Å². The predicted octanol–water partition coefficient (Wildman–Crippen LogP) is 4.37. The number of fused-ring (bicyclic) bond motifs is 1. The standard InChI is InChI=1S/C25H23NO5/c1-16-12-17(2)14-19(13-16)26-24(27)23(18-8-4-3-5-9-18)31-25(28)22-15-29-20-10-6-7-11-21(20)30-22/h3-14,22-23H,15H2,1-2H3,(H,26,27)/t22-,23-/m1/s1. The van der Waals surface area contributed by atoms with Crippen LogP contribution >= 0.6 is 0 Å². The lowest BCUT2D eigenvalue weighted by molar-refractivity contribution is -0.164. The molecule has 3 aromatic rings. The summed E-state index contributed by atoms with van der Waals surface area (Å²) in [5.74, 6) is -0.0778. The lowest BCUT2D eigenvalue weighted by atomic mass is 10.1. The molecule has 0 bridgehead atoms. The van der Waals surface area contributed by atoms with Gasteiger partial charge in [0.05, 0.1) is 0 Å². The second kappa shape index (κ2) is 8.92. The normalized spacial score (nSPS) is 15.6. The molecular weight excluding hydrogens is 394 g/mol. The van der Waals surface area contributed by atoms with E-state index in [9.17, 15) is 9.59 Å². The van der Waals surface area contributed by atoms with Crippen LogP contribution in [0.5, 0.6) is 11.5 Å². The van der Waals surface area contributed by atoms with Crippen molar-refractivity contribution in [2.75, 3.05) is 11.9 Å². The lowest BCUT2D eigenvalue weighted by Crippen LogP contribution is -2.39. The van der Waals surface area contributed by atoms with Gasteiger partial charge in [-0.1, -0.05) is 48.5 Å². The van der Waals surface area contributed by atoms with E-state index in [2.05, 4.69) is 5.32 Å². The van der Waals surface area contributed by atoms with Crippen LogP contribution in [0.3, 0.4) is 0 Å². The van der Waals surface area contributed by atoms with Crippen LogP contribution in [0.25, 0.3) is 0 Å². The highest BCUT2D eigenvalue weighted by atomic mass is 16.6. The number of carbonyl (C=O) groups excluding carboxylic acids is 2. The molecule has 0 unspecified atom stereocenters. The van der Waals surface area contributed by atoms with E-state index in [1.807, 2.05) is 44.2 Å². The first-order valence-electron chi connectivity index (χ1n) is 10.0. The van der Waals surface area contributed by atoms with E-state index >= 15 is 0 Å². The zero-order valence-electron chi connectivity index (χ0n) is 17.3. The highest BCUT2D eigenvalue weighted by Crippen LogP contribution is 2.32. The molecule has 6 nitrogen and oxygen atoms in total. The molecule has 0 aliphatic carbocycles. The lowest BCUT2D eigenvalue weighted by Gasteiger charge is -2.26. The van der Waals surface area contributed by atoms with Crippen molar-refractivity contribution in [2.24, 2.45) is 0 Å². The van der Waals surface area contributed by atoms with Gasteiger partial charge in [0.25, 0.3) is 5.91 Å². The van der Waals surface area contributed by atoms with Crippen molar-refractivity contribution < 1.29 is 23.8 Å². The quantitative estimate of drug-likeness (QED) is 0.624. The van der Waals surface area contributed by atoms with Gasteiger partial charge in [-0.25, -0.2) is 4.79 Å². The van der Waals surface area contributed by atoms with Crippen molar-refractivity contribution in [1.29, 1.82) is 0 Å². The first-order chi connectivity index (χ1) is 15.0. The number of ether oxygens (including phenoxy) is 3. The third-order valence-electron chi connectivity index (χ3n) is 4.84. The first-order valence-corrected chi connectivity index (χ1v) is 10.0. The van der Waals surface area contributed by atoms with E-state index in [1.54, 1.807) is 42.5 Å². The summed E-state index contributed by atoms with van der Waals surface area (Å²) in [5, 5.41) is 2.86. The number of esters is 1. The molecule has 0 saturated carbocycles. The largest absolute Gasteiger partial charge is 0.485 e. The number of anilines is 1. The smallest absolute Gasteiger partial charge is 0.352 e. The Labute approximate surface area is 180 Å². The average Bonchev–Trinajstić information content (AvgIpc) is 2.76. The highest BCUT2D eigenvalue weighted by molar-refractivity contribution is 5.96. The third kappa shape index (κ3) is 4.86. The molecular formula is C25H23NO5. The topological polar surface area (TPSA) is 73.9 Å². The molecule has 1 heterocycles. The Morgan fingerprint density at radius 2 is 1.58 bits per heavy atom. The summed E-state index contributed by atoms with van der Waals surface area (Å²) in [4.78, 5) is 25.9. The Bertz CT molecular complexity index is 1080. The summed E-state index contributed by atoms with van der Waals surface area (Å²) < 4.78 is 17.0. The van der Waals surface area contributed by atoms with Gasteiger partial charge < -0.3 is 19.5 Å². The fraction of sp³-hybridized carbons (Fsp3) is 0.200. The molecule has 31 heavy (non-hydrogen) atoms. The Hall–Kier alpha value is -3.80. The van der Waals surface area contributed by atoms with E-state index in [-0.39, 0.29) is 6.61 Å². The summed E-state index contributed by atoms with van der Waals surface area (Å²) in [6.07, 6.45) is -2.09. The fourth-order valence-electron chi connectivity index (χ4n) is 3.48. The van der Waals surface area contributed by atoms with E-state index in [0.717, 1.165) is 11.1 Å². The van der Waals surface area contributed by atoms with Crippen LogP contribution in [0.1, 0.15) is 22.8 Å². The SMILES string of the molecule is Cc1cc(C)cc(NC(=O)[C@H](OC(=O)[C@H]2COc3ccccc3O2)c2ccccc2)c1. The molecule has 4 rings (SSSR count). The van der Waals surface area contributed by atoms with Crippen LogP contribution in [0.2, 0.25) is 0 Å². The number of amides is 1. The monoisotopic (exact) mass is 417 g/mol. The Balaban J connectivity index is 1.53. The van der Waals surface area contributed by atoms with Crippen molar-refractivity contribution in [3.05, 3.63) is 89.5 Å². The molecule has 1 aliphatic rings. The maximum absolute atomic E-state index is 13.1. The minimum Gasteiger partial charge on any atom is -0.485 e. The number of para-hydroxylation sites is 2. The van der Waals surface area contributed by atoms with Gasteiger partial charge in [-0.3, -0.25) is 4.79 Å². The average molecular weight is 417 g/mol. The van der Waals surface area contributed by atoms with Crippen LogP contribution < -0.4 is 14.8 Å². The number of aryl methyl sites for hydroxylation is 2. The second-order valence-electron chi connectivity index (χ2n) is 7.46. The molecule has 158 valence electrons. The first kappa shape index (κ1) is 20.5. The minimum absolute atomic E-state index is 0.00997. The number of carbonyl (C=O) groups is 2. The molecule has 6 heteroatoms. The second-order valence-corrected chi connectivity index (χ2v) is 7.46. The fourth-order valence-corrected chi connectivity index (χ4v) is 3.48. The van der Waals surface area contributed by atoms with Gasteiger partial charge in [0.1, 0.15) is 6.61 Å². The zero-order chi connectivity index (χ0) is 21.8. The zero-order valence-corrected chi connectivity index (χ0v) is 17.3. The Kier molecular flexibility index (Phi) is 5.89. The number of hydrogen-bond donors (Lipinski definition) is 1. The molecule has 2 atom stereocenters. The number of benzene rings is 3. The van der Waals surface area contributed by atoms with Gasteiger partial charge in [0.2, 0.25) is 12.2 Å². The summed E-state index contributed by atoms with van der Waals surface area (Å²) in [6.45, 7) is 3.92. The Morgan fingerprint density at radius 1 is 0.935 bits per heavy atom. The molecule has 1 N–H and O–H groups in total. The Morgan fingerprint density at radius 3 is 2.29 bits per heavy atom. The van der Waals surface area contributed by atoms with Crippen LogP contribution in [0.15, 0.2) is 72.8 Å². The molecule has 0 fully saturated rings. The van der Waals surface area contributed by atoms with Crippen LogP contribution in [-0.4, -0.2) is 24.6 Å². The van der Waals surface area contributed by atoms with Gasteiger partial charge in [-0.15, -0.1) is 0 Å². The summed E-state index contributed by atoms with van der Waals surface area (Å²) in [7, 11) is 0. The minimum atomic E-state index is -1.13. The van der Waals surface area contributed by atoms with Crippen molar-refractivity contribution in [3.63, 3.8) is 0 Å². The molecule has 0 aromatic heterocycles. The van der Waals surface area contributed by atoms with Crippen molar-refractivity contribution in [3.8, 4) is 11.5 Å². The summed E-state index contributed by atoms with van der Waals surface area (Å²) >= 11 is 0. The number of rotatable bonds is 5. The van der Waals surface area contributed by atoms with E-state index < -0.39 is 24.1 Å². The summed E-state index contributed by atoms with van der Waals surface area (Å²) in [6, 6.07) is 21.7. The third-order valence-corrected chi connectivity index (χ3v) is 4.84. The summed E-state index contributed by atoms with van der Waals surface area (Å²) in [5.41, 5.74) is 3.26. The molecule has 3 aromatic carbocycles. The molecule has 1 aliphatic heterocycles. The molecule has 0 saturated heterocycles. The van der Waals surface area contributed by atoms with Crippen LogP contribution in [0, 0.1) is 13.8 Å². The number of nitrogens with one attached hydrogen (secondary N) is 1. The van der Waals surface area contributed by atoms with Gasteiger partial charge in [0.15, 0.2) is 11.5 Å². The van der Waals surface area contributed by atoms with Crippen LogP contribution in [0.4, 0.5) is 5.69 Å². The maximum Gasteiger partial charge on any atom is 0.352 e. The van der Waals surface area contributed by atoms with E-state index in [4.69, 9.17) is 14.2 Å². The van der Waals surface area contributed by atoms with Gasteiger partial charge in [0, 0.05) is 11.3 Å². The van der Waals surface area contributed by atoms with Crippen molar-refractivity contribution in [2.45, 2.75) is 26.1 Å². The molecule has 0 radical (unpaired) electrons. The molecule has 1 amide bonds. The van der Waals surface area contributed by atoms with E-state index in [0.29, 0.717) is 22.7 Å². The van der Waals surface area contributed by atoms with Gasteiger partial charge in [-0.2, -0.15) is 0 Å². The molecule has 0 spiro atoms. The van der Waals surface area contributed by atoms with Crippen LogP contribution in [-0.2, 0) is 14.3 Å². The van der Waals surface area contributed by atoms with Crippen molar-refractivity contribution in [1.82, 2.24) is 0 Å².